The van der Waals surface area contributed by atoms with Crippen LogP contribution in [-0.2, 0) is 9.53 Å². The summed E-state index contributed by atoms with van der Waals surface area (Å²) >= 11 is 0. The van der Waals surface area contributed by atoms with E-state index in [-0.39, 0.29) is 17.6 Å². The number of anilines is 3. The van der Waals surface area contributed by atoms with Crippen LogP contribution in [-0.4, -0.2) is 62.1 Å². The predicted octanol–water partition coefficient (Wildman–Crippen LogP) is 2.53. The molecule has 34 heavy (non-hydrogen) atoms. The fourth-order valence-corrected chi connectivity index (χ4v) is 4.43. The number of nitrogens with zero attached hydrogens (tertiary/aromatic N) is 3. The predicted molar refractivity (Wildman–Crippen MR) is 128 cm³/mol. The first-order chi connectivity index (χ1) is 16.5. The molecule has 1 saturated carbocycles. The maximum Gasteiger partial charge on any atom is 0.263 e. The Bertz CT molecular complexity index is 1260. The third-order valence-electron chi connectivity index (χ3n) is 6.49. The van der Waals surface area contributed by atoms with Gasteiger partial charge in [-0.15, -0.1) is 5.10 Å². The van der Waals surface area contributed by atoms with Crippen LogP contribution in [0.25, 0.3) is 10.9 Å². The van der Waals surface area contributed by atoms with E-state index >= 15 is 0 Å². The number of methoxy groups -OCH3 is 2. The summed E-state index contributed by atoms with van der Waals surface area (Å²) in [5.41, 5.74) is 7.11. The van der Waals surface area contributed by atoms with Crippen molar-refractivity contribution in [2.24, 2.45) is 5.41 Å². The number of benzene rings is 2. The maximum atomic E-state index is 13.6. The number of carbonyl (C=O) groups is 2. The van der Waals surface area contributed by atoms with E-state index in [1.807, 2.05) is 18.2 Å². The molecule has 3 aromatic rings. The molecule has 3 N–H and O–H groups in total. The molecule has 1 amide bonds. The first-order valence-electron chi connectivity index (χ1n) is 11.2. The molecule has 0 bridgehead atoms. The molecule has 1 aliphatic heterocycles. The second-order valence-electron chi connectivity index (χ2n) is 8.48. The molecular formula is C24H27N5O5. The molecule has 0 radical (unpaired) electrons. The summed E-state index contributed by atoms with van der Waals surface area (Å²) in [4.78, 5) is 29.0. The summed E-state index contributed by atoms with van der Waals surface area (Å²) < 4.78 is 17.3. The third kappa shape index (κ3) is 3.60. The molecule has 2 fully saturated rings. The fourth-order valence-electron chi connectivity index (χ4n) is 4.43. The van der Waals surface area contributed by atoms with Crippen LogP contribution in [0.3, 0.4) is 0 Å². The molecule has 2 heterocycles. The van der Waals surface area contributed by atoms with Gasteiger partial charge < -0.3 is 30.2 Å². The van der Waals surface area contributed by atoms with Crippen molar-refractivity contribution in [3.05, 3.63) is 36.4 Å². The molecule has 5 rings (SSSR count). The van der Waals surface area contributed by atoms with E-state index in [1.165, 1.54) is 11.8 Å². The van der Waals surface area contributed by atoms with E-state index in [0.717, 1.165) is 18.8 Å². The lowest BCUT2D eigenvalue weighted by atomic mass is 10.0. The van der Waals surface area contributed by atoms with Crippen molar-refractivity contribution in [3.8, 4) is 11.5 Å². The van der Waals surface area contributed by atoms with Crippen LogP contribution in [0.2, 0.25) is 0 Å². The fraction of sp³-hybridized carbons (Fsp3) is 0.375. The molecular weight excluding hydrogens is 438 g/mol. The SMILES string of the molecule is COc1ccc(NC(=O)C2(C(=O)n3nc(N)c4c(N5CCOCC5)cccc43)CC2)cc1OC. The van der Waals surface area contributed by atoms with Gasteiger partial charge in [-0.3, -0.25) is 9.59 Å². The molecule has 1 aliphatic carbocycles. The molecule has 1 aromatic heterocycles. The Kier molecular flexibility index (Phi) is 5.52. The number of hydrogen-bond donors (Lipinski definition) is 2. The summed E-state index contributed by atoms with van der Waals surface area (Å²) in [7, 11) is 3.06. The number of amides is 1. The number of fused-ring (bicyclic) bond motifs is 1. The molecule has 178 valence electrons. The minimum absolute atomic E-state index is 0.265. The van der Waals surface area contributed by atoms with E-state index in [0.29, 0.717) is 54.1 Å². The van der Waals surface area contributed by atoms with Crippen molar-refractivity contribution >= 4 is 39.9 Å². The van der Waals surface area contributed by atoms with E-state index in [9.17, 15) is 9.59 Å². The molecule has 0 unspecified atom stereocenters. The maximum absolute atomic E-state index is 13.6. The Hall–Kier alpha value is -3.79. The highest BCUT2D eigenvalue weighted by atomic mass is 16.5. The summed E-state index contributed by atoms with van der Waals surface area (Å²) in [6.07, 6.45) is 0.880. The van der Waals surface area contributed by atoms with Crippen molar-refractivity contribution in [2.45, 2.75) is 12.8 Å². The second kappa shape index (κ2) is 8.53. The number of aromatic nitrogens is 2. The van der Waals surface area contributed by atoms with Crippen LogP contribution in [0.1, 0.15) is 17.6 Å². The number of nitrogens with two attached hydrogens (primary N) is 1. The zero-order valence-electron chi connectivity index (χ0n) is 19.2. The van der Waals surface area contributed by atoms with Crippen molar-refractivity contribution in [1.29, 1.82) is 0 Å². The second-order valence-corrected chi connectivity index (χ2v) is 8.48. The quantitative estimate of drug-likeness (QED) is 0.533. The smallest absolute Gasteiger partial charge is 0.263 e. The van der Waals surface area contributed by atoms with Gasteiger partial charge in [0.2, 0.25) is 5.91 Å². The minimum atomic E-state index is -1.19. The van der Waals surface area contributed by atoms with Gasteiger partial charge >= 0.3 is 0 Å². The Labute approximate surface area is 196 Å². The molecule has 10 heteroatoms. The standard InChI is InChI=1S/C24H27N5O5/c1-32-18-7-6-15(14-19(18)33-2)26-22(30)24(8-9-24)23(31)29-17-5-3-4-16(20(17)21(25)27-29)28-10-12-34-13-11-28/h3-7,14H,8-13H2,1-2H3,(H2,25,27)(H,26,30). The number of nitrogens with one attached hydrogen (secondary N) is 1. The van der Waals surface area contributed by atoms with Crippen LogP contribution >= 0.6 is 0 Å². The van der Waals surface area contributed by atoms with Gasteiger partial charge in [0.05, 0.1) is 44.0 Å². The topological polar surface area (TPSA) is 121 Å². The Balaban J connectivity index is 1.44. The normalized spacial score (nSPS) is 16.8. The largest absolute Gasteiger partial charge is 0.493 e. The van der Waals surface area contributed by atoms with Crippen LogP contribution in [0.15, 0.2) is 36.4 Å². The van der Waals surface area contributed by atoms with Gasteiger partial charge in [-0.05, 0) is 37.1 Å². The summed E-state index contributed by atoms with van der Waals surface area (Å²) in [5, 5.41) is 7.93. The lowest BCUT2D eigenvalue weighted by Crippen LogP contribution is -2.36. The highest BCUT2D eigenvalue weighted by Gasteiger charge is 2.58. The number of carbonyl (C=O) groups excluding carboxylic acids is 2. The molecule has 2 aliphatic rings. The van der Waals surface area contributed by atoms with E-state index in [2.05, 4.69) is 15.3 Å². The van der Waals surface area contributed by atoms with Gasteiger partial charge in [-0.25, -0.2) is 0 Å². The lowest BCUT2D eigenvalue weighted by Gasteiger charge is -2.29. The lowest BCUT2D eigenvalue weighted by molar-refractivity contribution is -0.119. The molecule has 0 atom stereocenters. The van der Waals surface area contributed by atoms with Crippen molar-refractivity contribution < 1.29 is 23.8 Å². The van der Waals surface area contributed by atoms with E-state index in [1.54, 1.807) is 25.3 Å². The van der Waals surface area contributed by atoms with E-state index in [4.69, 9.17) is 19.9 Å². The van der Waals surface area contributed by atoms with Gasteiger partial charge in [0, 0.05) is 24.8 Å². The highest BCUT2D eigenvalue weighted by molar-refractivity contribution is 6.16. The van der Waals surface area contributed by atoms with E-state index < -0.39 is 5.41 Å². The van der Waals surface area contributed by atoms with Crippen molar-refractivity contribution in [3.63, 3.8) is 0 Å². The van der Waals surface area contributed by atoms with Gasteiger partial charge in [0.1, 0.15) is 5.41 Å². The molecule has 0 spiro atoms. The molecule has 10 nitrogen and oxygen atoms in total. The van der Waals surface area contributed by atoms with Gasteiger partial charge in [0.25, 0.3) is 5.91 Å². The van der Waals surface area contributed by atoms with Crippen LogP contribution in [0.5, 0.6) is 11.5 Å². The number of morpholine rings is 1. The molecule has 2 aromatic carbocycles. The number of hydrogen-bond acceptors (Lipinski definition) is 8. The first kappa shape index (κ1) is 22.0. The Morgan fingerprint density at radius 3 is 2.50 bits per heavy atom. The average molecular weight is 466 g/mol. The van der Waals surface area contributed by atoms with Crippen molar-refractivity contribution in [1.82, 2.24) is 9.78 Å². The zero-order chi connectivity index (χ0) is 23.9. The highest BCUT2D eigenvalue weighted by Crippen LogP contribution is 2.49. The number of ether oxygens (including phenoxy) is 3. The minimum Gasteiger partial charge on any atom is -0.493 e. The molecule has 1 saturated heterocycles. The van der Waals surface area contributed by atoms with Gasteiger partial charge in [-0.1, -0.05) is 6.07 Å². The monoisotopic (exact) mass is 465 g/mol. The van der Waals surface area contributed by atoms with Gasteiger partial charge in [-0.2, -0.15) is 4.68 Å². The first-order valence-corrected chi connectivity index (χ1v) is 11.2. The zero-order valence-corrected chi connectivity index (χ0v) is 19.2. The third-order valence-corrected chi connectivity index (χ3v) is 6.49. The number of nitrogen functional groups attached to an aromatic ring is 1. The summed E-state index contributed by atoms with van der Waals surface area (Å²) in [5.74, 6) is 0.536. The Morgan fingerprint density at radius 2 is 1.82 bits per heavy atom. The van der Waals surface area contributed by atoms with Crippen LogP contribution < -0.4 is 25.4 Å². The van der Waals surface area contributed by atoms with Gasteiger partial charge in [0.15, 0.2) is 17.3 Å². The van der Waals surface area contributed by atoms with Crippen molar-refractivity contribution in [2.75, 3.05) is 56.5 Å². The average Bonchev–Trinajstić information content (AvgIpc) is 3.62. The van der Waals surface area contributed by atoms with Crippen LogP contribution in [0.4, 0.5) is 17.2 Å². The van der Waals surface area contributed by atoms with Crippen LogP contribution in [0, 0.1) is 5.41 Å². The Morgan fingerprint density at radius 1 is 1.09 bits per heavy atom. The number of rotatable bonds is 6. The summed E-state index contributed by atoms with van der Waals surface area (Å²) in [6.45, 7) is 2.72. The summed E-state index contributed by atoms with van der Waals surface area (Å²) in [6, 6.07) is 10.7.